The standard InChI is InChI=1S/C14H19N3O4/c1-9-7-10(17(20)21)8-15-12(9)16-6-4-5-14(2,3)11(16)13(18)19/h7-8,11H,4-6H2,1-3H3,(H,18,19). The molecular formula is C14H19N3O4. The summed E-state index contributed by atoms with van der Waals surface area (Å²) in [5, 5.41) is 20.3. The fourth-order valence-corrected chi connectivity index (χ4v) is 3.04. The van der Waals surface area contributed by atoms with Gasteiger partial charge in [-0.2, -0.15) is 0 Å². The number of rotatable bonds is 3. The number of pyridine rings is 1. The van der Waals surface area contributed by atoms with E-state index in [-0.39, 0.29) is 11.1 Å². The third-order valence-electron chi connectivity index (χ3n) is 4.03. The molecule has 7 heteroatoms. The first-order valence-corrected chi connectivity index (χ1v) is 6.84. The molecule has 7 nitrogen and oxygen atoms in total. The molecule has 114 valence electrons. The Kier molecular flexibility index (Phi) is 3.85. The highest BCUT2D eigenvalue weighted by molar-refractivity contribution is 5.79. The second kappa shape index (κ2) is 5.31. The molecule has 2 rings (SSSR count). The summed E-state index contributed by atoms with van der Waals surface area (Å²) in [6, 6.07) is 0.752. The highest BCUT2D eigenvalue weighted by Crippen LogP contribution is 2.38. The summed E-state index contributed by atoms with van der Waals surface area (Å²) in [6.45, 7) is 6.17. The van der Waals surface area contributed by atoms with Gasteiger partial charge in [-0.1, -0.05) is 13.8 Å². The second-order valence-corrected chi connectivity index (χ2v) is 6.12. The number of carboxylic acids is 1. The van der Waals surface area contributed by atoms with Gasteiger partial charge in [0.25, 0.3) is 5.69 Å². The Balaban J connectivity index is 2.44. The topological polar surface area (TPSA) is 96.6 Å². The molecule has 1 aromatic rings. The average Bonchev–Trinajstić information content (AvgIpc) is 2.36. The van der Waals surface area contributed by atoms with Crippen LogP contribution in [-0.2, 0) is 4.79 Å². The van der Waals surface area contributed by atoms with Crippen molar-refractivity contribution in [3.63, 3.8) is 0 Å². The first-order valence-electron chi connectivity index (χ1n) is 6.84. The van der Waals surface area contributed by atoms with Crippen molar-refractivity contribution in [1.29, 1.82) is 0 Å². The van der Waals surface area contributed by atoms with Gasteiger partial charge in [-0.15, -0.1) is 0 Å². The van der Waals surface area contributed by atoms with Gasteiger partial charge in [0.1, 0.15) is 18.1 Å². The summed E-state index contributed by atoms with van der Waals surface area (Å²) in [5.74, 6) is -0.375. The maximum atomic E-state index is 11.7. The molecule has 0 amide bonds. The van der Waals surface area contributed by atoms with E-state index >= 15 is 0 Å². The lowest BCUT2D eigenvalue weighted by Crippen LogP contribution is -2.55. The Morgan fingerprint density at radius 2 is 2.24 bits per heavy atom. The van der Waals surface area contributed by atoms with E-state index in [1.54, 1.807) is 11.8 Å². The van der Waals surface area contributed by atoms with Crippen LogP contribution in [0.5, 0.6) is 0 Å². The van der Waals surface area contributed by atoms with Crippen molar-refractivity contribution in [1.82, 2.24) is 4.98 Å². The second-order valence-electron chi connectivity index (χ2n) is 6.12. The molecule has 0 radical (unpaired) electrons. The highest BCUT2D eigenvalue weighted by atomic mass is 16.6. The van der Waals surface area contributed by atoms with E-state index in [1.165, 1.54) is 12.3 Å². The molecule has 1 N–H and O–H groups in total. The lowest BCUT2D eigenvalue weighted by Gasteiger charge is -2.45. The molecule has 1 saturated heterocycles. The molecule has 0 aromatic carbocycles. The summed E-state index contributed by atoms with van der Waals surface area (Å²) in [7, 11) is 0. The van der Waals surface area contributed by atoms with E-state index < -0.39 is 16.9 Å². The van der Waals surface area contributed by atoms with Crippen molar-refractivity contribution in [2.45, 2.75) is 39.7 Å². The first kappa shape index (κ1) is 15.2. The van der Waals surface area contributed by atoms with Gasteiger partial charge in [-0.25, -0.2) is 9.78 Å². The molecule has 1 atom stereocenters. The zero-order chi connectivity index (χ0) is 15.8. The van der Waals surface area contributed by atoms with Crippen LogP contribution >= 0.6 is 0 Å². The molecule has 1 aliphatic heterocycles. The maximum Gasteiger partial charge on any atom is 0.326 e. The van der Waals surface area contributed by atoms with Crippen molar-refractivity contribution in [2.24, 2.45) is 5.41 Å². The SMILES string of the molecule is Cc1cc([N+](=O)[O-])cnc1N1CCCC(C)(C)C1C(=O)O. The van der Waals surface area contributed by atoms with Crippen LogP contribution in [0.3, 0.4) is 0 Å². The van der Waals surface area contributed by atoms with Crippen molar-refractivity contribution in [3.8, 4) is 0 Å². The molecule has 2 heterocycles. The van der Waals surface area contributed by atoms with Crippen LogP contribution in [0.15, 0.2) is 12.3 Å². The van der Waals surface area contributed by atoms with Crippen LogP contribution in [0.4, 0.5) is 11.5 Å². The largest absolute Gasteiger partial charge is 0.480 e. The van der Waals surface area contributed by atoms with E-state index in [9.17, 15) is 20.0 Å². The summed E-state index contributed by atoms with van der Waals surface area (Å²) >= 11 is 0. The normalized spacial score (nSPS) is 21.1. The molecule has 1 aromatic heterocycles. The monoisotopic (exact) mass is 293 g/mol. The van der Waals surface area contributed by atoms with E-state index in [0.29, 0.717) is 17.9 Å². The molecule has 1 unspecified atom stereocenters. The number of nitrogens with zero attached hydrogens (tertiary/aromatic N) is 3. The molecule has 0 bridgehead atoms. The Labute approximate surface area is 122 Å². The number of carbonyl (C=O) groups is 1. The maximum absolute atomic E-state index is 11.7. The van der Waals surface area contributed by atoms with Crippen molar-refractivity contribution < 1.29 is 14.8 Å². The van der Waals surface area contributed by atoms with Gasteiger partial charge in [-0.3, -0.25) is 10.1 Å². The fourth-order valence-electron chi connectivity index (χ4n) is 3.04. The van der Waals surface area contributed by atoms with Crippen LogP contribution in [0, 0.1) is 22.5 Å². The van der Waals surface area contributed by atoms with Gasteiger partial charge < -0.3 is 10.0 Å². The fraction of sp³-hybridized carbons (Fsp3) is 0.571. The number of anilines is 1. The average molecular weight is 293 g/mol. The third-order valence-corrected chi connectivity index (χ3v) is 4.03. The molecular weight excluding hydrogens is 274 g/mol. The minimum atomic E-state index is -0.890. The molecule has 0 aliphatic carbocycles. The minimum absolute atomic E-state index is 0.0839. The zero-order valence-corrected chi connectivity index (χ0v) is 12.4. The van der Waals surface area contributed by atoms with Gasteiger partial charge in [0, 0.05) is 12.6 Å². The Hall–Kier alpha value is -2.18. The van der Waals surface area contributed by atoms with Crippen LogP contribution in [-0.4, -0.2) is 33.6 Å². The van der Waals surface area contributed by atoms with Gasteiger partial charge in [0.05, 0.1) is 4.92 Å². The van der Waals surface area contributed by atoms with Crippen molar-refractivity contribution in [3.05, 3.63) is 27.9 Å². The van der Waals surface area contributed by atoms with Crippen LogP contribution < -0.4 is 4.90 Å². The number of carboxylic acid groups (broad SMARTS) is 1. The highest BCUT2D eigenvalue weighted by Gasteiger charge is 2.43. The lowest BCUT2D eigenvalue weighted by atomic mass is 9.76. The van der Waals surface area contributed by atoms with Gasteiger partial charge in [0.2, 0.25) is 0 Å². The van der Waals surface area contributed by atoms with Crippen LogP contribution in [0.1, 0.15) is 32.3 Å². The number of nitro groups is 1. The predicted molar refractivity (Wildman–Crippen MR) is 77.4 cm³/mol. The smallest absolute Gasteiger partial charge is 0.326 e. The minimum Gasteiger partial charge on any atom is -0.480 e. The Bertz CT molecular complexity index is 586. The van der Waals surface area contributed by atoms with Gasteiger partial charge in [-0.05, 0) is 30.7 Å². The Morgan fingerprint density at radius 1 is 1.57 bits per heavy atom. The molecule has 21 heavy (non-hydrogen) atoms. The van der Waals surface area contributed by atoms with Crippen molar-refractivity contribution in [2.75, 3.05) is 11.4 Å². The van der Waals surface area contributed by atoms with Crippen molar-refractivity contribution >= 4 is 17.5 Å². The third kappa shape index (κ3) is 2.81. The first-order chi connectivity index (χ1) is 9.74. The van der Waals surface area contributed by atoms with E-state index in [2.05, 4.69) is 4.98 Å². The molecule has 0 saturated carbocycles. The Morgan fingerprint density at radius 3 is 2.76 bits per heavy atom. The number of hydrogen-bond donors (Lipinski definition) is 1. The summed E-state index contributed by atoms with van der Waals surface area (Å²) in [5.41, 5.74) is 0.160. The number of hydrogen-bond acceptors (Lipinski definition) is 5. The number of aryl methyl sites for hydroxylation is 1. The number of aromatic nitrogens is 1. The number of piperidine rings is 1. The van der Waals surface area contributed by atoms with Crippen LogP contribution in [0.25, 0.3) is 0 Å². The van der Waals surface area contributed by atoms with Gasteiger partial charge >= 0.3 is 5.97 Å². The van der Waals surface area contributed by atoms with E-state index in [0.717, 1.165) is 12.8 Å². The summed E-state index contributed by atoms with van der Waals surface area (Å²) in [6.07, 6.45) is 2.88. The quantitative estimate of drug-likeness (QED) is 0.679. The lowest BCUT2D eigenvalue weighted by molar-refractivity contribution is -0.385. The number of aliphatic carboxylic acids is 1. The predicted octanol–water partition coefficient (Wildman–Crippen LogP) is 2.38. The zero-order valence-electron chi connectivity index (χ0n) is 12.4. The van der Waals surface area contributed by atoms with Crippen LogP contribution in [0.2, 0.25) is 0 Å². The molecule has 0 spiro atoms. The molecule has 1 fully saturated rings. The summed E-state index contributed by atoms with van der Waals surface area (Å²) < 4.78 is 0. The van der Waals surface area contributed by atoms with E-state index in [4.69, 9.17) is 0 Å². The molecule has 1 aliphatic rings. The van der Waals surface area contributed by atoms with Gasteiger partial charge in [0.15, 0.2) is 0 Å². The van der Waals surface area contributed by atoms with E-state index in [1.807, 2.05) is 13.8 Å². The summed E-state index contributed by atoms with van der Waals surface area (Å²) in [4.78, 5) is 27.8.